The van der Waals surface area contributed by atoms with E-state index in [-0.39, 0.29) is 5.56 Å². The summed E-state index contributed by atoms with van der Waals surface area (Å²) in [5, 5.41) is 112. The summed E-state index contributed by atoms with van der Waals surface area (Å²) in [6.45, 7) is -0.888. The zero-order valence-corrected chi connectivity index (χ0v) is 23.3. The van der Waals surface area contributed by atoms with Gasteiger partial charge in [-0.05, 0) is 19.1 Å². The minimum atomic E-state index is -1.97. The van der Waals surface area contributed by atoms with Crippen LogP contribution in [-0.4, -0.2) is 174 Å². The highest BCUT2D eigenvalue weighted by Gasteiger charge is 2.54. The first kappa shape index (κ1) is 34.8. The molecule has 1 aromatic carbocycles. The number of benzene rings is 1. The number of phenols is 1. The van der Waals surface area contributed by atoms with E-state index in [0.717, 1.165) is 0 Å². The van der Waals surface area contributed by atoms with Gasteiger partial charge in [-0.25, -0.2) is 4.79 Å². The van der Waals surface area contributed by atoms with Crippen molar-refractivity contribution in [3.05, 3.63) is 29.3 Å². The van der Waals surface area contributed by atoms with Gasteiger partial charge in [-0.3, -0.25) is 0 Å². The van der Waals surface area contributed by atoms with Crippen LogP contribution in [0.25, 0.3) is 0 Å². The van der Waals surface area contributed by atoms with Crippen molar-refractivity contribution in [2.75, 3.05) is 19.8 Å². The van der Waals surface area contributed by atoms with Crippen LogP contribution in [-0.2, 0) is 28.4 Å². The van der Waals surface area contributed by atoms with E-state index in [1.807, 2.05) is 0 Å². The maximum absolute atomic E-state index is 13.0. The molecule has 3 saturated heterocycles. The van der Waals surface area contributed by atoms with Gasteiger partial charge in [-0.15, -0.1) is 0 Å². The zero-order chi connectivity index (χ0) is 32.5. The molecule has 3 fully saturated rings. The summed E-state index contributed by atoms with van der Waals surface area (Å²) in [5.74, 6) is -1.62. The molecule has 3 aliphatic rings. The summed E-state index contributed by atoms with van der Waals surface area (Å²) in [6.07, 6.45) is -27.1. The Hall–Kier alpha value is -2.11. The summed E-state index contributed by atoms with van der Waals surface area (Å²) >= 11 is 0. The molecule has 0 amide bonds. The predicted octanol–water partition coefficient (Wildman–Crippen LogP) is -5.69. The Bertz CT molecular complexity index is 1100. The molecular weight excluding hydrogens is 600 g/mol. The van der Waals surface area contributed by atoms with Gasteiger partial charge in [0.05, 0.1) is 19.8 Å². The highest BCUT2D eigenvalue weighted by Crippen LogP contribution is 2.34. The predicted molar refractivity (Wildman–Crippen MR) is 137 cm³/mol. The van der Waals surface area contributed by atoms with E-state index in [1.54, 1.807) is 6.92 Å². The molecule has 0 spiro atoms. The number of hydrogen-bond acceptors (Lipinski definition) is 18. The molecule has 0 radical (unpaired) electrons. The van der Waals surface area contributed by atoms with Crippen molar-refractivity contribution in [1.29, 1.82) is 0 Å². The quantitative estimate of drug-likeness (QED) is 0.112. The number of aromatic hydroxyl groups is 1. The van der Waals surface area contributed by atoms with Crippen LogP contribution >= 0.6 is 0 Å². The molecule has 15 unspecified atom stereocenters. The van der Waals surface area contributed by atoms with Gasteiger partial charge in [-0.1, -0.05) is 11.6 Å². The Morgan fingerprint density at radius 1 is 0.659 bits per heavy atom. The van der Waals surface area contributed by atoms with Gasteiger partial charge in [0.25, 0.3) is 0 Å². The standard InChI is InChI=1S/C26H38O18/c1-8-2-3-10(30)9(4-8)23(38)44-26-22(19(36)16(33)13(7-29)41-26)43-25-21(18(35)15(32)12(6-28)40-25)42-24-20(37)17(34)14(31)11(5-27)39-24/h2-4,11-22,24-37H,5-7H2,1H3. The fraction of sp³-hybridized carbons (Fsp3) is 0.731. The Morgan fingerprint density at radius 2 is 1.11 bits per heavy atom. The zero-order valence-electron chi connectivity index (χ0n) is 23.3. The minimum absolute atomic E-state index is 0.301. The fourth-order valence-corrected chi connectivity index (χ4v) is 5.08. The van der Waals surface area contributed by atoms with E-state index in [4.69, 9.17) is 28.4 Å². The Labute approximate surface area is 249 Å². The molecule has 0 saturated carbocycles. The summed E-state index contributed by atoms with van der Waals surface area (Å²) in [4.78, 5) is 13.0. The van der Waals surface area contributed by atoms with Gasteiger partial charge >= 0.3 is 5.97 Å². The maximum Gasteiger partial charge on any atom is 0.344 e. The summed E-state index contributed by atoms with van der Waals surface area (Å²) in [6, 6.07) is 4.04. The van der Waals surface area contributed by atoms with Crippen molar-refractivity contribution in [3.63, 3.8) is 0 Å². The molecule has 3 heterocycles. The molecule has 15 atom stereocenters. The first-order valence-electron chi connectivity index (χ1n) is 13.7. The van der Waals surface area contributed by atoms with E-state index >= 15 is 0 Å². The topological polar surface area (TPSA) is 295 Å². The van der Waals surface area contributed by atoms with Crippen LogP contribution in [0.2, 0.25) is 0 Å². The van der Waals surface area contributed by atoms with Crippen LogP contribution in [0.5, 0.6) is 5.75 Å². The molecule has 0 bridgehead atoms. The molecule has 1 aromatic rings. The van der Waals surface area contributed by atoms with Gasteiger partial charge in [0.2, 0.25) is 6.29 Å². The Morgan fingerprint density at radius 3 is 1.66 bits per heavy atom. The molecular formula is C26H38O18. The number of ether oxygens (including phenoxy) is 6. The third kappa shape index (κ3) is 6.99. The summed E-state index contributed by atoms with van der Waals surface area (Å²) in [7, 11) is 0. The lowest BCUT2D eigenvalue weighted by Gasteiger charge is -2.48. The molecule has 4 rings (SSSR count). The number of rotatable bonds is 9. The van der Waals surface area contributed by atoms with Gasteiger partial charge in [0, 0.05) is 0 Å². The third-order valence-corrected chi connectivity index (χ3v) is 7.68. The lowest BCUT2D eigenvalue weighted by molar-refractivity contribution is -0.390. The van der Waals surface area contributed by atoms with E-state index < -0.39 is 124 Å². The molecule has 18 heteroatoms. The Balaban J connectivity index is 1.63. The summed E-state index contributed by atoms with van der Waals surface area (Å²) < 4.78 is 33.0. The molecule has 250 valence electrons. The van der Waals surface area contributed by atoms with Gasteiger partial charge in [0.15, 0.2) is 18.7 Å². The largest absolute Gasteiger partial charge is 0.507 e. The molecule has 44 heavy (non-hydrogen) atoms. The van der Waals surface area contributed by atoms with E-state index in [2.05, 4.69) is 0 Å². The lowest BCUT2D eigenvalue weighted by Crippen LogP contribution is -2.67. The van der Waals surface area contributed by atoms with Crippen molar-refractivity contribution in [3.8, 4) is 5.75 Å². The number of aryl methyl sites for hydroxylation is 1. The number of hydrogen-bond donors (Lipinski definition) is 11. The molecule has 18 nitrogen and oxygen atoms in total. The number of aliphatic hydroxyl groups is 10. The smallest absolute Gasteiger partial charge is 0.344 e. The monoisotopic (exact) mass is 638 g/mol. The Kier molecular flexibility index (Phi) is 11.5. The van der Waals surface area contributed by atoms with Crippen LogP contribution in [0.1, 0.15) is 15.9 Å². The molecule has 0 aromatic heterocycles. The van der Waals surface area contributed by atoms with E-state index in [0.29, 0.717) is 5.56 Å². The first-order valence-corrected chi connectivity index (χ1v) is 13.7. The molecule has 0 aliphatic carbocycles. The lowest BCUT2D eigenvalue weighted by atomic mass is 9.96. The van der Waals surface area contributed by atoms with Crippen LogP contribution < -0.4 is 0 Å². The second kappa shape index (κ2) is 14.5. The van der Waals surface area contributed by atoms with Crippen molar-refractivity contribution >= 4 is 5.97 Å². The number of phenolic OH excluding ortho intramolecular Hbond substituents is 1. The van der Waals surface area contributed by atoms with Crippen LogP contribution in [0.4, 0.5) is 0 Å². The van der Waals surface area contributed by atoms with Gasteiger partial charge in [0.1, 0.15) is 78.5 Å². The average Bonchev–Trinajstić information content (AvgIpc) is 3.00. The van der Waals surface area contributed by atoms with E-state index in [9.17, 15) is 61.0 Å². The second-order valence-corrected chi connectivity index (χ2v) is 10.7. The van der Waals surface area contributed by atoms with Crippen LogP contribution in [0, 0.1) is 6.92 Å². The normalized spacial score (nSPS) is 43.0. The van der Waals surface area contributed by atoms with Crippen LogP contribution in [0.15, 0.2) is 18.2 Å². The number of carbonyl (C=O) groups excluding carboxylic acids is 1. The van der Waals surface area contributed by atoms with Crippen LogP contribution in [0.3, 0.4) is 0 Å². The average molecular weight is 639 g/mol. The van der Waals surface area contributed by atoms with Gasteiger partial charge < -0.3 is 84.6 Å². The highest BCUT2D eigenvalue weighted by molar-refractivity contribution is 5.92. The van der Waals surface area contributed by atoms with Crippen molar-refractivity contribution < 1.29 is 89.4 Å². The van der Waals surface area contributed by atoms with Gasteiger partial charge in [-0.2, -0.15) is 0 Å². The number of esters is 1. The van der Waals surface area contributed by atoms with E-state index in [1.165, 1.54) is 18.2 Å². The molecule has 11 N–H and O–H groups in total. The second-order valence-electron chi connectivity index (χ2n) is 10.7. The van der Waals surface area contributed by atoms with Crippen molar-refractivity contribution in [1.82, 2.24) is 0 Å². The SMILES string of the molecule is Cc1ccc(O)c(C(=O)OC2OC(CO)C(O)C(O)C2OC2OC(CO)C(O)C(O)C2OC2OC(CO)C(O)C(O)C2O)c1. The first-order chi connectivity index (χ1) is 20.8. The summed E-state index contributed by atoms with van der Waals surface area (Å²) in [5.41, 5.74) is 0.271. The molecule has 3 aliphatic heterocycles. The highest BCUT2D eigenvalue weighted by atomic mass is 16.8. The minimum Gasteiger partial charge on any atom is -0.507 e. The number of aliphatic hydroxyl groups excluding tert-OH is 10. The fourth-order valence-electron chi connectivity index (χ4n) is 5.08. The van der Waals surface area contributed by atoms with Crippen molar-refractivity contribution in [2.24, 2.45) is 0 Å². The third-order valence-electron chi connectivity index (χ3n) is 7.68. The van der Waals surface area contributed by atoms with Crippen molar-refractivity contribution in [2.45, 2.75) is 99.0 Å². The number of carbonyl (C=O) groups is 1. The maximum atomic E-state index is 13.0.